The summed E-state index contributed by atoms with van der Waals surface area (Å²) in [7, 11) is 2.02. The lowest BCUT2D eigenvalue weighted by Gasteiger charge is -2.24. The Kier molecular flexibility index (Phi) is 4.63. The second-order valence-corrected chi connectivity index (χ2v) is 5.63. The maximum Gasteiger partial charge on any atom is 0.00454 e. The van der Waals surface area contributed by atoms with E-state index in [1.54, 1.807) is 0 Å². The summed E-state index contributed by atoms with van der Waals surface area (Å²) in [5.74, 6) is 0. The van der Waals surface area contributed by atoms with E-state index in [4.69, 9.17) is 0 Å². The fraction of sp³-hybridized carbons (Fsp3) is 0.667. The highest BCUT2D eigenvalue weighted by molar-refractivity contribution is 7.09. The van der Waals surface area contributed by atoms with Gasteiger partial charge in [-0.3, -0.25) is 0 Å². The number of thiophene rings is 1. The number of aryl methyl sites for hydroxylation is 1. The molecule has 1 aromatic heterocycles. The molecule has 0 saturated carbocycles. The molecule has 2 heteroatoms. The first-order valence-electron chi connectivity index (χ1n) is 5.31. The quantitative estimate of drug-likeness (QED) is 0.761. The molecular weight excluding hydrogens is 190 g/mol. The molecule has 0 radical (unpaired) electrons. The largest absolute Gasteiger partial charge is 0.320 e. The summed E-state index contributed by atoms with van der Waals surface area (Å²) >= 11 is 1.87. The van der Waals surface area contributed by atoms with Gasteiger partial charge in [0.05, 0.1) is 0 Å². The fourth-order valence-corrected chi connectivity index (χ4v) is 2.21. The summed E-state index contributed by atoms with van der Waals surface area (Å²) in [6, 6.07) is 4.37. The lowest BCUT2D eigenvalue weighted by atomic mass is 9.84. The summed E-state index contributed by atoms with van der Waals surface area (Å²) < 4.78 is 0. The van der Waals surface area contributed by atoms with E-state index >= 15 is 0 Å². The molecule has 0 amide bonds. The summed E-state index contributed by atoms with van der Waals surface area (Å²) in [4.78, 5) is 1.52. The maximum atomic E-state index is 3.22. The van der Waals surface area contributed by atoms with Gasteiger partial charge in [0.2, 0.25) is 0 Å². The highest BCUT2D eigenvalue weighted by Crippen LogP contribution is 2.27. The number of rotatable bonds is 6. The Morgan fingerprint density at radius 3 is 2.71 bits per heavy atom. The molecule has 0 unspecified atom stereocenters. The van der Waals surface area contributed by atoms with Gasteiger partial charge in [-0.1, -0.05) is 19.9 Å². The van der Waals surface area contributed by atoms with Gasteiger partial charge in [0.15, 0.2) is 0 Å². The van der Waals surface area contributed by atoms with E-state index in [1.807, 2.05) is 18.4 Å². The minimum Gasteiger partial charge on any atom is -0.320 e. The third kappa shape index (κ3) is 4.25. The van der Waals surface area contributed by atoms with Crippen LogP contribution in [0.25, 0.3) is 0 Å². The highest BCUT2D eigenvalue weighted by Gasteiger charge is 2.16. The van der Waals surface area contributed by atoms with E-state index in [1.165, 1.54) is 24.1 Å². The number of hydrogen-bond donors (Lipinski definition) is 1. The predicted molar refractivity (Wildman–Crippen MR) is 65.0 cm³/mol. The van der Waals surface area contributed by atoms with Crippen LogP contribution in [0.15, 0.2) is 17.5 Å². The van der Waals surface area contributed by atoms with Crippen molar-refractivity contribution in [1.29, 1.82) is 0 Å². The summed E-state index contributed by atoms with van der Waals surface area (Å²) in [6.07, 6.45) is 3.78. The van der Waals surface area contributed by atoms with Crippen LogP contribution in [-0.4, -0.2) is 13.6 Å². The molecule has 0 aliphatic carbocycles. The van der Waals surface area contributed by atoms with Crippen molar-refractivity contribution in [3.05, 3.63) is 22.4 Å². The van der Waals surface area contributed by atoms with Crippen molar-refractivity contribution < 1.29 is 0 Å². The zero-order valence-corrected chi connectivity index (χ0v) is 10.3. The van der Waals surface area contributed by atoms with Crippen LogP contribution in [0.3, 0.4) is 0 Å². The molecule has 0 atom stereocenters. The highest BCUT2D eigenvalue weighted by atomic mass is 32.1. The van der Waals surface area contributed by atoms with Crippen molar-refractivity contribution >= 4 is 11.3 Å². The minimum atomic E-state index is 0.465. The van der Waals surface area contributed by atoms with Crippen molar-refractivity contribution in [3.63, 3.8) is 0 Å². The van der Waals surface area contributed by atoms with Crippen molar-refractivity contribution in [1.82, 2.24) is 5.32 Å². The molecule has 0 bridgehead atoms. The molecule has 0 fully saturated rings. The normalized spacial score (nSPS) is 11.9. The van der Waals surface area contributed by atoms with Gasteiger partial charge in [0.1, 0.15) is 0 Å². The number of nitrogens with one attached hydrogen (secondary N) is 1. The Morgan fingerprint density at radius 1 is 1.36 bits per heavy atom. The topological polar surface area (TPSA) is 12.0 Å². The third-order valence-corrected chi connectivity index (χ3v) is 3.62. The molecule has 80 valence electrons. The van der Waals surface area contributed by atoms with Crippen molar-refractivity contribution in [3.8, 4) is 0 Å². The second-order valence-electron chi connectivity index (χ2n) is 4.60. The zero-order valence-electron chi connectivity index (χ0n) is 9.47. The zero-order chi connectivity index (χ0) is 10.4. The Balaban J connectivity index is 2.28. The second kappa shape index (κ2) is 5.52. The molecule has 0 aliphatic rings. The molecule has 14 heavy (non-hydrogen) atoms. The average Bonchev–Trinajstić information content (AvgIpc) is 2.64. The minimum absolute atomic E-state index is 0.465. The van der Waals surface area contributed by atoms with E-state index in [9.17, 15) is 0 Å². The third-order valence-electron chi connectivity index (χ3n) is 2.68. The lowest BCUT2D eigenvalue weighted by Crippen LogP contribution is -2.20. The van der Waals surface area contributed by atoms with Gasteiger partial charge in [-0.15, -0.1) is 11.3 Å². The van der Waals surface area contributed by atoms with Gasteiger partial charge >= 0.3 is 0 Å². The van der Waals surface area contributed by atoms with Gasteiger partial charge in [0.25, 0.3) is 0 Å². The van der Waals surface area contributed by atoms with E-state index in [-0.39, 0.29) is 0 Å². The molecular formula is C12H21NS. The monoisotopic (exact) mass is 211 g/mol. The van der Waals surface area contributed by atoms with Crippen LogP contribution >= 0.6 is 11.3 Å². The first-order valence-corrected chi connectivity index (χ1v) is 6.19. The molecule has 0 aromatic carbocycles. The number of hydrogen-bond acceptors (Lipinski definition) is 2. The molecule has 0 spiro atoms. The van der Waals surface area contributed by atoms with Gasteiger partial charge in [-0.2, -0.15) is 0 Å². The van der Waals surface area contributed by atoms with Crippen molar-refractivity contribution in [2.45, 2.75) is 33.1 Å². The van der Waals surface area contributed by atoms with Crippen LogP contribution in [0.2, 0.25) is 0 Å². The van der Waals surface area contributed by atoms with Crippen LogP contribution in [0.1, 0.15) is 31.6 Å². The van der Waals surface area contributed by atoms with Gasteiger partial charge in [0, 0.05) is 4.88 Å². The molecule has 1 aromatic rings. The van der Waals surface area contributed by atoms with Gasteiger partial charge in [-0.25, -0.2) is 0 Å². The molecule has 0 aliphatic heterocycles. The summed E-state index contributed by atoms with van der Waals surface area (Å²) in [6.45, 7) is 5.84. The van der Waals surface area contributed by atoms with E-state index in [2.05, 4.69) is 36.7 Å². The van der Waals surface area contributed by atoms with Gasteiger partial charge < -0.3 is 5.32 Å². The van der Waals surface area contributed by atoms with Crippen LogP contribution in [0.4, 0.5) is 0 Å². The maximum absolute atomic E-state index is 3.22. The van der Waals surface area contributed by atoms with E-state index in [0.29, 0.717) is 5.41 Å². The standard InChI is InChI=1S/C12H21NS/c1-12(2,8-9-13-3)7-6-11-5-4-10-14-11/h4-5,10,13H,6-9H2,1-3H3. The van der Waals surface area contributed by atoms with Crippen LogP contribution in [0.5, 0.6) is 0 Å². The fourth-order valence-electron chi connectivity index (χ4n) is 1.50. The Labute approximate surface area is 91.5 Å². The molecule has 1 heterocycles. The predicted octanol–water partition coefficient (Wildman–Crippen LogP) is 3.32. The van der Waals surface area contributed by atoms with Crippen molar-refractivity contribution in [2.24, 2.45) is 5.41 Å². The summed E-state index contributed by atoms with van der Waals surface area (Å²) in [5.41, 5.74) is 0.465. The molecule has 0 saturated heterocycles. The molecule has 1 rings (SSSR count). The van der Waals surface area contributed by atoms with E-state index < -0.39 is 0 Å². The van der Waals surface area contributed by atoms with Crippen LogP contribution in [0, 0.1) is 5.41 Å². The molecule has 1 nitrogen and oxygen atoms in total. The lowest BCUT2D eigenvalue weighted by molar-refractivity contribution is 0.306. The van der Waals surface area contributed by atoms with Crippen LogP contribution in [-0.2, 0) is 6.42 Å². The Hall–Kier alpha value is -0.340. The average molecular weight is 211 g/mol. The van der Waals surface area contributed by atoms with Gasteiger partial charge in [-0.05, 0) is 49.7 Å². The first kappa shape index (κ1) is 11.7. The smallest absolute Gasteiger partial charge is 0.00454 e. The first-order chi connectivity index (χ1) is 6.64. The van der Waals surface area contributed by atoms with E-state index in [0.717, 1.165) is 6.54 Å². The Morgan fingerprint density at radius 2 is 2.14 bits per heavy atom. The van der Waals surface area contributed by atoms with Crippen LogP contribution < -0.4 is 5.32 Å². The SMILES string of the molecule is CNCCC(C)(C)CCc1cccs1. The Bertz CT molecular complexity index is 239. The summed E-state index contributed by atoms with van der Waals surface area (Å²) in [5, 5.41) is 5.38. The molecule has 1 N–H and O–H groups in total. The van der Waals surface area contributed by atoms with Crippen molar-refractivity contribution in [2.75, 3.05) is 13.6 Å².